The van der Waals surface area contributed by atoms with Crippen LogP contribution in [0.1, 0.15) is 58.4 Å². The monoisotopic (exact) mass is 366 g/mol. The standard InChI is InChI=1S/C23H26O4/c1-7-15-13(5)14(6)16(8-2)20-19(15)17-9-11(3)12(4)10-18(17)23(20,21(24)25)22(26)27/h9-10H,7-8H2,1-6H3,(H,24,25)(H,26,27). The number of rotatable bonds is 4. The number of hydrogen-bond acceptors (Lipinski definition) is 2. The summed E-state index contributed by atoms with van der Waals surface area (Å²) in [5.74, 6) is -2.64. The minimum atomic E-state index is -2.06. The molecule has 142 valence electrons. The Labute approximate surface area is 159 Å². The SMILES string of the molecule is CCc1c(C)c(C)c(CC)c2c1-c1cc(C)c(C)cc1C2(C(=O)O)C(=O)O. The summed E-state index contributed by atoms with van der Waals surface area (Å²) in [6.07, 6.45) is 1.31. The van der Waals surface area contributed by atoms with Crippen molar-refractivity contribution >= 4 is 11.9 Å². The van der Waals surface area contributed by atoms with Crippen molar-refractivity contribution in [3.8, 4) is 11.1 Å². The Bertz CT molecular complexity index is 984. The topological polar surface area (TPSA) is 74.6 Å². The van der Waals surface area contributed by atoms with Crippen LogP contribution >= 0.6 is 0 Å². The summed E-state index contributed by atoms with van der Waals surface area (Å²) in [6.45, 7) is 11.9. The van der Waals surface area contributed by atoms with Crippen LogP contribution in [0.2, 0.25) is 0 Å². The van der Waals surface area contributed by atoms with Crippen LogP contribution < -0.4 is 0 Å². The van der Waals surface area contributed by atoms with E-state index in [0.717, 1.165) is 50.9 Å². The summed E-state index contributed by atoms with van der Waals surface area (Å²) in [4.78, 5) is 25.1. The normalized spacial score (nSPS) is 14.0. The Balaban J connectivity index is 2.69. The van der Waals surface area contributed by atoms with Crippen molar-refractivity contribution in [2.75, 3.05) is 0 Å². The second-order valence-electron chi connectivity index (χ2n) is 7.51. The molecule has 0 radical (unpaired) electrons. The predicted molar refractivity (Wildman–Crippen MR) is 106 cm³/mol. The average Bonchev–Trinajstić information content (AvgIpc) is 2.88. The first-order valence-electron chi connectivity index (χ1n) is 9.38. The fraction of sp³-hybridized carbons (Fsp3) is 0.391. The first-order valence-corrected chi connectivity index (χ1v) is 9.38. The van der Waals surface area contributed by atoms with Crippen molar-refractivity contribution in [2.45, 2.75) is 59.8 Å². The Kier molecular flexibility index (Phi) is 4.41. The van der Waals surface area contributed by atoms with Crippen molar-refractivity contribution in [3.63, 3.8) is 0 Å². The summed E-state index contributed by atoms with van der Waals surface area (Å²) in [7, 11) is 0. The van der Waals surface area contributed by atoms with Crippen LogP contribution in [0.3, 0.4) is 0 Å². The summed E-state index contributed by atoms with van der Waals surface area (Å²) in [5.41, 5.74) is 6.32. The fourth-order valence-corrected chi connectivity index (χ4v) is 4.73. The zero-order valence-electron chi connectivity index (χ0n) is 16.8. The van der Waals surface area contributed by atoms with E-state index in [1.165, 1.54) is 0 Å². The third-order valence-electron chi connectivity index (χ3n) is 6.35. The van der Waals surface area contributed by atoms with Crippen molar-refractivity contribution < 1.29 is 19.8 Å². The zero-order chi connectivity index (χ0) is 20.3. The zero-order valence-corrected chi connectivity index (χ0v) is 16.8. The highest BCUT2D eigenvalue weighted by atomic mass is 16.4. The van der Waals surface area contributed by atoms with Gasteiger partial charge in [0.15, 0.2) is 0 Å². The van der Waals surface area contributed by atoms with Gasteiger partial charge in [-0.15, -0.1) is 0 Å². The van der Waals surface area contributed by atoms with Gasteiger partial charge in [-0.05, 0) is 96.2 Å². The second-order valence-corrected chi connectivity index (χ2v) is 7.51. The van der Waals surface area contributed by atoms with Crippen molar-refractivity contribution in [2.24, 2.45) is 0 Å². The number of carbonyl (C=O) groups is 2. The van der Waals surface area contributed by atoms with Crippen LogP contribution in [0.15, 0.2) is 12.1 Å². The minimum absolute atomic E-state index is 0.384. The van der Waals surface area contributed by atoms with Crippen LogP contribution in [0.25, 0.3) is 11.1 Å². The molecule has 27 heavy (non-hydrogen) atoms. The lowest BCUT2D eigenvalue weighted by molar-refractivity contribution is -0.155. The largest absolute Gasteiger partial charge is 0.480 e. The van der Waals surface area contributed by atoms with Gasteiger partial charge in [0.05, 0.1) is 0 Å². The predicted octanol–water partition coefficient (Wildman–Crippen LogP) is 4.48. The Morgan fingerprint density at radius 1 is 0.852 bits per heavy atom. The van der Waals surface area contributed by atoms with Gasteiger partial charge in [0.2, 0.25) is 5.41 Å². The van der Waals surface area contributed by atoms with Gasteiger partial charge >= 0.3 is 11.9 Å². The van der Waals surface area contributed by atoms with Crippen LogP contribution in [0.4, 0.5) is 0 Å². The number of carboxylic acid groups (broad SMARTS) is 2. The van der Waals surface area contributed by atoms with E-state index in [2.05, 4.69) is 6.92 Å². The maximum Gasteiger partial charge on any atom is 0.330 e. The number of aliphatic carboxylic acids is 2. The van der Waals surface area contributed by atoms with E-state index in [1.54, 1.807) is 6.07 Å². The maximum absolute atomic E-state index is 12.6. The van der Waals surface area contributed by atoms with Gasteiger partial charge in [-0.1, -0.05) is 26.0 Å². The van der Waals surface area contributed by atoms with Crippen LogP contribution in [0, 0.1) is 27.7 Å². The molecule has 0 saturated heterocycles. The number of carboxylic acids is 2. The lowest BCUT2D eigenvalue weighted by atomic mass is 9.73. The molecule has 2 aromatic rings. The van der Waals surface area contributed by atoms with E-state index in [-0.39, 0.29) is 0 Å². The molecule has 0 atom stereocenters. The lowest BCUT2D eigenvalue weighted by Crippen LogP contribution is -2.44. The van der Waals surface area contributed by atoms with E-state index in [0.29, 0.717) is 17.5 Å². The number of fused-ring (bicyclic) bond motifs is 3. The molecule has 0 fully saturated rings. The molecule has 0 aliphatic heterocycles. The molecule has 0 amide bonds. The summed E-state index contributed by atoms with van der Waals surface area (Å²) >= 11 is 0. The molecule has 2 N–H and O–H groups in total. The average molecular weight is 366 g/mol. The number of hydrogen-bond donors (Lipinski definition) is 2. The Morgan fingerprint density at radius 2 is 1.33 bits per heavy atom. The molecule has 0 aromatic heterocycles. The highest BCUT2D eigenvalue weighted by Crippen LogP contribution is 2.54. The minimum Gasteiger partial charge on any atom is -0.480 e. The van der Waals surface area contributed by atoms with Gasteiger partial charge in [0, 0.05) is 0 Å². The molecular formula is C23H26O4. The third kappa shape index (κ3) is 2.22. The van der Waals surface area contributed by atoms with Crippen LogP contribution in [0.5, 0.6) is 0 Å². The quantitative estimate of drug-likeness (QED) is 0.782. The van der Waals surface area contributed by atoms with Crippen molar-refractivity contribution in [1.29, 1.82) is 0 Å². The van der Waals surface area contributed by atoms with Gasteiger partial charge in [0.1, 0.15) is 0 Å². The van der Waals surface area contributed by atoms with Crippen molar-refractivity contribution in [1.82, 2.24) is 0 Å². The molecule has 0 unspecified atom stereocenters. The summed E-state index contributed by atoms with van der Waals surface area (Å²) in [6, 6.07) is 3.72. The van der Waals surface area contributed by atoms with E-state index >= 15 is 0 Å². The molecule has 4 heteroatoms. The molecule has 4 nitrogen and oxygen atoms in total. The first-order chi connectivity index (χ1) is 12.6. The van der Waals surface area contributed by atoms with Gasteiger partial charge < -0.3 is 10.2 Å². The van der Waals surface area contributed by atoms with E-state index in [4.69, 9.17) is 0 Å². The Morgan fingerprint density at radius 3 is 1.81 bits per heavy atom. The maximum atomic E-state index is 12.6. The fourth-order valence-electron chi connectivity index (χ4n) is 4.73. The lowest BCUT2D eigenvalue weighted by Gasteiger charge is -2.27. The molecule has 1 aliphatic rings. The van der Waals surface area contributed by atoms with Gasteiger partial charge in [-0.2, -0.15) is 0 Å². The molecule has 1 aliphatic carbocycles. The van der Waals surface area contributed by atoms with Crippen LogP contribution in [-0.2, 0) is 27.8 Å². The summed E-state index contributed by atoms with van der Waals surface area (Å²) in [5, 5.41) is 20.5. The van der Waals surface area contributed by atoms with Gasteiger partial charge in [0.25, 0.3) is 0 Å². The number of benzene rings is 2. The molecule has 0 spiro atoms. The Hall–Kier alpha value is -2.62. The molecule has 2 aromatic carbocycles. The highest BCUT2D eigenvalue weighted by molar-refractivity contribution is 6.15. The molecule has 3 rings (SSSR count). The molecule has 0 saturated carbocycles. The highest BCUT2D eigenvalue weighted by Gasteiger charge is 2.58. The first kappa shape index (κ1) is 19.2. The van der Waals surface area contributed by atoms with E-state index in [9.17, 15) is 19.8 Å². The smallest absolute Gasteiger partial charge is 0.330 e. The van der Waals surface area contributed by atoms with Gasteiger partial charge in [-0.3, -0.25) is 9.59 Å². The van der Waals surface area contributed by atoms with Gasteiger partial charge in [-0.25, -0.2) is 0 Å². The molecule has 0 heterocycles. The molecule has 0 bridgehead atoms. The van der Waals surface area contributed by atoms with E-state index in [1.807, 2.05) is 40.7 Å². The van der Waals surface area contributed by atoms with Crippen LogP contribution in [-0.4, -0.2) is 22.2 Å². The third-order valence-corrected chi connectivity index (χ3v) is 6.35. The number of aryl methyl sites for hydroxylation is 2. The van der Waals surface area contributed by atoms with E-state index < -0.39 is 17.4 Å². The second kappa shape index (κ2) is 6.22. The molecular weight excluding hydrogens is 340 g/mol. The van der Waals surface area contributed by atoms with Crippen molar-refractivity contribution in [3.05, 3.63) is 56.6 Å². The summed E-state index contributed by atoms with van der Waals surface area (Å²) < 4.78 is 0.